The van der Waals surface area contributed by atoms with Crippen molar-refractivity contribution in [1.82, 2.24) is 0 Å². The van der Waals surface area contributed by atoms with Gasteiger partial charge in [-0.05, 0) is 44.5 Å². The van der Waals surface area contributed by atoms with Gasteiger partial charge in [-0.1, -0.05) is 36.4 Å². The van der Waals surface area contributed by atoms with E-state index in [1.54, 1.807) is 28.8 Å². The Balaban J connectivity index is 0.00000240. The lowest BCUT2D eigenvalue weighted by Gasteiger charge is -2.19. The van der Waals surface area contributed by atoms with E-state index in [-0.39, 0.29) is 35.5 Å². The molecule has 0 saturated heterocycles. The smallest absolute Gasteiger partial charge is 0.286 e. The zero-order valence-electron chi connectivity index (χ0n) is 16.5. The first-order valence-electron chi connectivity index (χ1n) is 9.20. The molecule has 1 aliphatic carbocycles. The second-order valence-corrected chi connectivity index (χ2v) is 7.22. The number of hydrogen-bond donors (Lipinski definition) is 1. The molecule has 1 aromatic heterocycles. The molecule has 2 aromatic carbocycles. The largest absolute Gasteiger partial charge is 1.00 e. The summed E-state index contributed by atoms with van der Waals surface area (Å²) >= 11 is 0. The standard InChI is InChI=1S/C24H20N2O2.HI/c1-15-7-6-8-18(12-15)25-21-22(26-13-16(2)11-17(3)14-26)24(28)20-10-5-4-9-19(20)23(21)27;/h4-14H,1-3H3;1H. The van der Waals surface area contributed by atoms with Crippen LogP contribution < -0.4 is 33.9 Å². The number of hydrogen-bond acceptors (Lipinski definition) is 3. The zero-order valence-corrected chi connectivity index (χ0v) is 18.7. The number of ketones is 2. The van der Waals surface area contributed by atoms with Crippen LogP contribution in [0, 0.1) is 20.8 Å². The molecule has 1 aliphatic rings. The molecule has 0 unspecified atom stereocenters. The van der Waals surface area contributed by atoms with Gasteiger partial charge < -0.3 is 29.3 Å². The summed E-state index contributed by atoms with van der Waals surface area (Å²) in [5.41, 5.74) is 5.38. The van der Waals surface area contributed by atoms with E-state index in [0.717, 1.165) is 22.4 Å². The predicted molar refractivity (Wildman–Crippen MR) is 109 cm³/mol. The van der Waals surface area contributed by atoms with Crippen LogP contribution in [0.5, 0.6) is 0 Å². The third-order valence-corrected chi connectivity index (χ3v) is 4.78. The molecule has 4 nitrogen and oxygen atoms in total. The Morgan fingerprint density at radius 3 is 1.97 bits per heavy atom. The van der Waals surface area contributed by atoms with E-state index in [0.29, 0.717) is 22.5 Å². The topological polar surface area (TPSA) is 50.1 Å². The number of carbonyl (C=O) groups excluding carboxylic acids is 2. The van der Waals surface area contributed by atoms with Crippen LogP contribution in [0.25, 0.3) is 5.70 Å². The summed E-state index contributed by atoms with van der Waals surface area (Å²) in [6, 6.07) is 16.8. The summed E-state index contributed by atoms with van der Waals surface area (Å²) < 4.78 is 1.76. The number of nitrogens with one attached hydrogen (secondary N) is 1. The van der Waals surface area contributed by atoms with E-state index >= 15 is 0 Å². The van der Waals surface area contributed by atoms with Crippen molar-refractivity contribution in [1.29, 1.82) is 0 Å². The number of rotatable bonds is 3. The maximum Gasteiger partial charge on any atom is 0.286 e. The van der Waals surface area contributed by atoms with E-state index in [1.165, 1.54) is 0 Å². The highest BCUT2D eigenvalue weighted by Crippen LogP contribution is 2.28. The minimum absolute atomic E-state index is 0. The van der Waals surface area contributed by atoms with Crippen molar-refractivity contribution in [2.45, 2.75) is 20.8 Å². The number of allylic oxidation sites excluding steroid dienone is 2. The van der Waals surface area contributed by atoms with E-state index in [4.69, 9.17) is 0 Å². The normalized spacial score (nSPS) is 13.1. The molecule has 3 aromatic rings. The number of aryl methyl sites for hydroxylation is 3. The average molecular weight is 496 g/mol. The Bertz CT molecular complexity index is 1140. The molecular weight excluding hydrogens is 475 g/mol. The van der Waals surface area contributed by atoms with Gasteiger partial charge in [0.1, 0.15) is 0 Å². The lowest BCUT2D eigenvalue weighted by atomic mass is 9.90. The zero-order chi connectivity index (χ0) is 19.8. The third kappa shape index (κ3) is 4.00. The van der Waals surface area contributed by atoms with Crippen molar-refractivity contribution in [2.24, 2.45) is 0 Å². The second-order valence-electron chi connectivity index (χ2n) is 7.22. The van der Waals surface area contributed by atoms with Gasteiger partial charge in [0.15, 0.2) is 18.1 Å². The van der Waals surface area contributed by atoms with Gasteiger partial charge in [-0.2, -0.15) is 4.57 Å². The Morgan fingerprint density at radius 1 is 0.724 bits per heavy atom. The molecule has 146 valence electrons. The minimum Gasteiger partial charge on any atom is -1.00 e. The van der Waals surface area contributed by atoms with Crippen LogP contribution in [-0.2, 0) is 0 Å². The van der Waals surface area contributed by atoms with Crippen LogP contribution >= 0.6 is 0 Å². The van der Waals surface area contributed by atoms with Gasteiger partial charge >= 0.3 is 0 Å². The first-order chi connectivity index (χ1) is 13.4. The number of Topliss-reactive ketones (excluding diaryl/α,β-unsaturated/α-hetero) is 2. The summed E-state index contributed by atoms with van der Waals surface area (Å²) in [4.78, 5) is 26.7. The number of halogens is 1. The number of anilines is 1. The van der Waals surface area contributed by atoms with Crippen LogP contribution in [0.1, 0.15) is 37.4 Å². The van der Waals surface area contributed by atoms with Crippen LogP contribution in [0.3, 0.4) is 0 Å². The lowest BCUT2D eigenvalue weighted by molar-refractivity contribution is -0.578. The van der Waals surface area contributed by atoms with Crippen LogP contribution in [0.4, 0.5) is 5.69 Å². The molecule has 5 heteroatoms. The molecule has 0 atom stereocenters. The molecule has 29 heavy (non-hydrogen) atoms. The van der Waals surface area contributed by atoms with Gasteiger partial charge in [-0.3, -0.25) is 9.59 Å². The number of aromatic nitrogens is 1. The molecule has 0 radical (unpaired) electrons. The Hall–Kier alpha value is -2.80. The van der Waals surface area contributed by atoms with Gasteiger partial charge in [0, 0.05) is 27.9 Å². The van der Waals surface area contributed by atoms with Crippen molar-refractivity contribution in [3.8, 4) is 0 Å². The van der Waals surface area contributed by atoms with Crippen LogP contribution in [0.15, 0.2) is 72.7 Å². The van der Waals surface area contributed by atoms with E-state index < -0.39 is 0 Å². The molecule has 4 rings (SSSR count). The van der Waals surface area contributed by atoms with E-state index in [9.17, 15) is 9.59 Å². The minimum atomic E-state index is -0.182. The summed E-state index contributed by atoms with van der Waals surface area (Å²) in [6.07, 6.45) is 3.75. The molecule has 0 saturated carbocycles. The fourth-order valence-corrected chi connectivity index (χ4v) is 3.63. The number of fused-ring (bicyclic) bond motifs is 1. The average Bonchev–Trinajstić information content (AvgIpc) is 2.65. The van der Waals surface area contributed by atoms with Gasteiger partial charge in [-0.25, -0.2) is 0 Å². The summed E-state index contributed by atoms with van der Waals surface area (Å²) in [6.45, 7) is 5.93. The number of nitrogens with zero attached hydrogens (tertiary/aromatic N) is 1. The molecule has 0 bridgehead atoms. The van der Waals surface area contributed by atoms with E-state index in [1.807, 2.05) is 63.5 Å². The monoisotopic (exact) mass is 496 g/mol. The number of benzene rings is 2. The van der Waals surface area contributed by atoms with Crippen molar-refractivity contribution in [3.63, 3.8) is 0 Å². The van der Waals surface area contributed by atoms with Crippen LogP contribution in [0.2, 0.25) is 0 Å². The predicted octanol–water partition coefficient (Wildman–Crippen LogP) is 1.26. The lowest BCUT2D eigenvalue weighted by Crippen LogP contribution is -3.00. The molecular formula is C24H21IN2O2. The fraction of sp³-hybridized carbons (Fsp3) is 0.125. The Kier molecular flexibility index (Phi) is 5.98. The molecule has 1 heterocycles. The highest BCUT2D eigenvalue weighted by molar-refractivity contribution is 6.36. The molecule has 0 spiro atoms. The van der Waals surface area contributed by atoms with E-state index in [2.05, 4.69) is 5.32 Å². The van der Waals surface area contributed by atoms with Crippen molar-refractivity contribution in [3.05, 3.63) is 101 Å². The molecule has 0 aliphatic heterocycles. The molecule has 0 fully saturated rings. The van der Waals surface area contributed by atoms with Gasteiger partial charge in [0.2, 0.25) is 5.78 Å². The Morgan fingerprint density at radius 2 is 1.34 bits per heavy atom. The van der Waals surface area contributed by atoms with Crippen molar-refractivity contribution < 1.29 is 38.1 Å². The fourth-order valence-electron chi connectivity index (χ4n) is 3.63. The summed E-state index contributed by atoms with van der Waals surface area (Å²) in [5.74, 6) is -0.348. The SMILES string of the molecule is Cc1cccc(NC2=C([n+]3cc(C)cc(C)c3)C(=O)c3ccccc3C2=O)c1.[I-]. The maximum absolute atomic E-state index is 13.4. The van der Waals surface area contributed by atoms with Crippen molar-refractivity contribution >= 4 is 23.0 Å². The Labute approximate surface area is 187 Å². The van der Waals surface area contributed by atoms with Crippen LogP contribution in [-0.4, -0.2) is 11.6 Å². The highest BCUT2D eigenvalue weighted by atomic mass is 127. The molecule has 0 amide bonds. The second kappa shape index (κ2) is 8.29. The number of pyridine rings is 1. The number of carbonyl (C=O) groups is 2. The maximum atomic E-state index is 13.4. The summed E-state index contributed by atoms with van der Waals surface area (Å²) in [5, 5.41) is 3.22. The van der Waals surface area contributed by atoms with Gasteiger partial charge in [-0.15, -0.1) is 0 Å². The first kappa shape index (κ1) is 20.9. The third-order valence-electron chi connectivity index (χ3n) is 4.78. The summed E-state index contributed by atoms with van der Waals surface area (Å²) in [7, 11) is 0. The molecule has 1 N–H and O–H groups in total. The van der Waals surface area contributed by atoms with Crippen molar-refractivity contribution in [2.75, 3.05) is 5.32 Å². The quantitative estimate of drug-likeness (QED) is 0.439. The highest BCUT2D eigenvalue weighted by Gasteiger charge is 2.38. The first-order valence-corrected chi connectivity index (χ1v) is 9.20. The van der Waals surface area contributed by atoms with Gasteiger partial charge in [0.05, 0.1) is 0 Å². The van der Waals surface area contributed by atoms with Gasteiger partial charge in [0.25, 0.3) is 11.5 Å².